The number of pyridine rings is 1. The van der Waals surface area contributed by atoms with E-state index in [1.165, 1.54) is 23.4 Å². The van der Waals surface area contributed by atoms with Gasteiger partial charge in [-0.3, -0.25) is 24.7 Å². The van der Waals surface area contributed by atoms with E-state index in [9.17, 15) is 32.8 Å². The number of nitrogens with one attached hydrogen (secondary N) is 3. The van der Waals surface area contributed by atoms with Crippen LogP contribution in [-0.2, 0) is 16.6 Å². The number of carbonyl (C=O) groups excluding carboxylic acids is 1. The van der Waals surface area contributed by atoms with Gasteiger partial charge in [0.05, 0.1) is 22.3 Å². The number of anilines is 2. The highest BCUT2D eigenvalue weighted by Crippen LogP contribution is 2.54. The van der Waals surface area contributed by atoms with Crippen molar-refractivity contribution in [3.05, 3.63) is 136 Å². The van der Waals surface area contributed by atoms with Gasteiger partial charge in [0.15, 0.2) is 17.2 Å². The van der Waals surface area contributed by atoms with Crippen LogP contribution in [0.1, 0.15) is 111 Å². The fourth-order valence-corrected chi connectivity index (χ4v) is 13.5. The SMILES string of the molecule is CC(C)c1ccccc1[C@@H]1CN(Cc2ccc(F)cc2)CCN1C1CC2(CCN(c3ccc(C(=O)NS(=O)(=O)c4cc([N+](=O)[O-])c(NC[C@H]5CC[C@](C)(O)CC5)c5c4OCO5)c(Oc4cnc5[nH]ccc5c4)c3)CC2)C1. The Morgan fingerprint density at radius 1 is 0.974 bits per heavy atom. The van der Waals surface area contributed by atoms with Gasteiger partial charge < -0.3 is 34.5 Å². The highest BCUT2D eigenvalue weighted by Gasteiger charge is 2.50. The van der Waals surface area contributed by atoms with Crippen molar-refractivity contribution in [2.45, 2.75) is 107 Å². The van der Waals surface area contributed by atoms with Crippen LogP contribution < -0.4 is 29.1 Å². The summed E-state index contributed by atoms with van der Waals surface area (Å²) >= 11 is 0. The number of H-pyrrole nitrogens is 1. The number of sulfonamides is 1. The summed E-state index contributed by atoms with van der Waals surface area (Å²) in [7, 11) is -4.82. The first-order chi connectivity index (χ1) is 36.5. The minimum atomic E-state index is -4.82. The monoisotopic (exact) mass is 1060 g/mol. The Kier molecular flexibility index (Phi) is 13.9. The Morgan fingerprint density at radius 3 is 2.47 bits per heavy atom. The number of rotatable bonds is 15. The van der Waals surface area contributed by atoms with Crippen molar-refractivity contribution in [2.24, 2.45) is 11.3 Å². The number of aromatic nitrogens is 2. The number of piperazine rings is 1. The van der Waals surface area contributed by atoms with Gasteiger partial charge in [-0.05, 0) is 129 Å². The summed E-state index contributed by atoms with van der Waals surface area (Å²) in [6.07, 6.45) is 10.0. The van der Waals surface area contributed by atoms with Crippen molar-refractivity contribution >= 4 is 44.0 Å². The molecule has 1 atom stereocenters. The number of ether oxygens (including phenoxy) is 3. The van der Waals surface area contributed by atoms with E-state index in [0.29, 0.717) is 55.6 Å². The van der Waals surface area contributed by atoms with Crippen molar-refractivity contribution in [2.75, 3.05) is 56.3 Å². The van der Waals surface area contributed by atoms with Gasteiger partial charge in [0, 0.05) is 87.3 Å². The third kappa shape index (κ3) is 10.5. The lowest BCUT2D eigenvalue weighted by Crippen LogP contribution is -2.60. The number of aromatic amines is 1. The number of amides is 1. The van der Waals surface area contributed by atoms with Gasteiger partial charge in [0.25, 0.3) is 21.6 Å². The maximum absolute atomic E-state index is 14.3. The van der Waals surface area contributed by atoms with Crippen LogP contribution in [0.2, 0.25) is 0 Å². The van der Waals surface area contributed by atoms with E-state index in [0.717, 1.165) is 87.7 Å². The van der Waals surface area contributed by atoms with Crippen LogP contribution in [0, 0.1) is 27.3 Å². The Morgan fingerprint density at radius 2 is 1.72 bits per heavy atom. The summed E-state index contributed by atoms with van der Waals surface area (Å²) in [4.78, 5) is 40.6. The van der Waals surface area contributed by atoms with E-state index >= 15 is 0 Å². The number of hydrogen-bond donors (Lipinski definition) is 4. The molecule has 2 saturated heterocycles. The Labute approximate surface area is 441 Å². The summed E-state index contributed by atoms with van der Waals surface area (Å²) in [5.41, 5.74) is 4.08. The van der Waals surface area contributed by atoms with Gasteiger partial charge >= 0.3 is 0 Å². The molecule has 11 rings (SSSR count). The van der Waals surface area contributed by atoms with Gasteiger partial charge in [0.2, 0.25) is 6.79 Å². The summed E-state index contributed by atoms with van der Waals surface area (Å²) in [6.45, 7) is 11.3. The molecule has 6 aromatic rings. The molecule has 1 amide bonds. The molecule has 400 valence electrons. The van der Waals surface area contributed by atoms with E-state index in [1.54, 1.807) is 43.5 Å². The van der Waals surface area contributed by atoms with Crippen LogP contribution in [-0.4, -0.2) is 102 Å². The quantitative estimate of drug-likeness (QED) is 0.0558. The highest BCUT2D eigenvalue weighted by molar-refractivity contribution is 7.90. The molecule has 4 N–H and O–H groups in total. The molecule has 2 saturated carbocycles. The average molecular weight is 1060 g/mol. The molecule has 5 heterocycles. The fraction of sp³-hybridized carbons (Fsp3) is 0.439. The third-order valence-corrected chi connectivity index (χ3v) is 18.0. The van der Waals surface area contributed by atoms with Gasteiger partial charge in [0.1, 0.15) is 27.9 Å². The van der Waals surface area contributed by atoms with Crippen molar-refractivity contribution in [1.29, 1.82) is 0 Å². The van der Waals surface area contributed by atoms with Crippen LogP contribution in [0.3, 0.4) is 0 Å². The molecular weight excluding hydrogens is 992 g/mol. The molecule has 1 spiro atoms. The predicted molar refractivity (Wildman–Crippen MR) is 286 cm³/mol. The molecular formula is C57H65FN8O9S. The standard InChI is InChI=1S/C57H65FN8O9S/c1-36(2)44-6-4-5-7-45(44)48-34-63(33-38-8-10-40(58)11-9-38)24-25-65(48)42-29-57(30-42)19-22-64(23-20-57)41-12-13-46(49(27-41)75-43-26-39-16-21-59-54(39)61-32-43)55(67)62-76(71,72)50-28-47(66(69)70)51(53-52(50)73-35-74-53)60-31-37-14-17-56(3,68)18-15-37/h4-13,16,21,26-28,32,36-37,42,48,60,68H,14-15,17-20,22-25,29-31,33-35H2,1-3H3,(H,59,61)(H,62,67)/t37-,48-,56-/m0/s1. The summed E-state index contributed by atoms with van der Waals surface area (Å²) < 4.78 is 62.2. The second kappa shape index (κ2) is 20.6. The largest absolute Gasteiger partial charge is 0.455 e. The minimum absolute atomic E-state index is 0.0218. The molecule has 5 aliphatic rings. The maximum atomic E-state index is 14.3. The number of piperidine rings is 1. The normalized spacial score (nSPS) is 21.9. The summed E-state index contributed by atoms with van der Waals surface area (Å²) in [5.74, 6) is -0.728. The van der Waals surface area contributed by atoms with Gasteiger partial charge in [-0.15, -0.1) is 0 Å². The second-order valence-electron chi connectivity index (χ2n) is 22.2. The molecule has 0 unspecified atom stereocenters. The topological polar surface area (TPSA) is 205 Å². The van der Waals surface area contributed by atoms with Crippen LogP contribution in [0.4, 0.5) is 21.5 Å². The number of nitro benzene ring substituents is 1. The van der Waals surface area contributed by atoms with Crippen molar-refractivity contribution in [3.63, 3.8) is 0 Å². The van der Waals surface area contributed by atoms with E-state index in [-0.39, 0.29) is 51.7 Å². The van der Waals surface area contributed by atoms with Crippen LogP contribution >= 0.6 is 0 Å². The fourth-order valence-electron chi connectivity index (χ4n) is 12.3. The lowest BCUT2D eigenvalue weighted by molar-refractivity contribution is -0.384. The summed E-state index contributed by atoms with van der Waals surface area (Å²) in [6, 6.07) is 26.0. The zero-order valence-corrected chi connectivity index (χ0v) is 43.9. The first kappa shape index (κ1) is 51.3. The molecule has 2 aliphatic carbocycles. The van der Waals surface area contributed by atoms with Crippen molar-refractivity contribution in [3.8, 4) is 23.0 Å². The van der Waals surface area contributed by atoms with Crippen molar-refractivity contribution < 1.29 is 41.8 Å². The predicted octanol–water partition coefficient (Wildman–Crippen LogP) is 10.0. The molecule has 0 bridgehead atoms. The first-order valence-corrected chi connectivity index (χ1v) is 27.9. The Balaban J connectivity index is 0.804. The number of aliphatic hydroxyl groups is 1. The third-order valence-electron chi connectivity index (χ3n) is 16.7. The lowest BCUT2D eigenvalue weighted by Gasteiger charge is -2.58. The number of halogens is 1. The molecule has 0 radical (unpaired) electrons. The number of hydrogen-bond acceptors (Lipinski definition) is 14. The smallest absolute Gasteiger partial charge is 0.297 e. The van der Waals surface area contributed by atoms with E-state index < -0.39 is 43.8 Å². The van der Waals surface area contributed by atoms with Gasteiger partial charge in [-0.1, -0.05) is 50.2 Å². The molecule has 4 fully saturated rings. The number of nitrogens with zero attached hydrogens (tertiary/aromatic N) is 5. The highest BCUT2D eigenvalue weighted by atomic mass is 32.2. The molecule has 19 heteroatoms. The molecule has 2 aromatic heterocycles. The van der Waals surface area contributed by atoms with Crippen LogP contribution in [0.25, 0.3) is 11.0 Å². The van der Waals surface area contributed by atoms with E-state index in [2.05, 4.69) is 72.8 Å². The first-order valence-electron chi connectivity index (χ1n) is 26.5. The van der Waals surface area contributed by atoms with E-state index in [4.69, 9.17) is 14.2 Å². The molecule has 4 aromatic carbocycles. The Bertz CT molecular complexity index is 3250. The molecule has 17 nitrogen and oxygen atoms in total. The van der Waals surface area contributed by atoms with Crippen LogP contribution in [0.15, 0.2) is 102 Å². The van der Waals surface area contributed by atoms with Gasteiger partial charge in [-0.25, -0.2) is 22.5 Å². The molecule has 3 aliphatic heterocycles. The Hall–Kier alpha value is -6.80. The number of fused-ring (bicyclic) bond motifs is 2. The van der Waals surface area contributed by atoms with E-state index in [1.807, 2.05) is 18.2 Å². The van der Waals surface area contributed by atoms with Gasteiger partial charge in [-0.2, -0.15) is 0 Å². The second-order valence-corrected chi connectivity index (χ2v) is 23.8. The number of carbonyl (C=O) groups is 1. The average Bonchev–Trinajstić information content (AvgIpc) is 4.11. The van der Waals surface area contributed by atoms with Crippen LogP contribution in [0.5, 0.6) is 23.0 Å². The number of nitro groups is 1. The number of benzene rings is 4. The molecule has 76 heavy (non-hydrogen) atoms. The van der Waals surface area contributed by atoms with Crippen molar-refractivity contribution in [1.82, 2.24) is 24.5 Å². The maximum Gasteiger partial charge on any atom is 0.297 e. The summed E-state index contributed by atoms with van der Waals surface area (Å²) in [5, 5.41) is 26.8. The lowest BCUT2D eigenvalue weighted by atomic mass is 9.59. The zero-order valence-electron chi connectivity index (χ0n) is 43.1. The zero-order chi connectivity index (χ0) is 52.9. The minimum Gasteiger partial charge on any atom is -0.455 e.